The molecule has 182 valence electrons. The number of rotatable bonds is 5. The summed E-state index contributed by atoms with van der Waals surface area (Å²) in [4.78, 5) is 17.2. The van der Waals surface area contributed by atoms with Crippen LogP contribution in [0.4, 0.5) is 5.82 Å². The van der Waals surface area contributed by atoms with Gasteiger partial charge in [-0.15, -0.1) is 0 Å². The number of hydrogen-bond donors (Lipinski definition) is 1. The third kappa shape index (κ3) is 4.10. The molecule has 0 spiro atoms. The lowest BCUT2D eigenvalue weighted by Crippen LogP contribution is -2.45. The van der Waals surface area contributed by atoms with Crippen LogP contribution in [-0.2, 0) is 6.61 Å². The molecule has 34 heavy (non-hydrogen) atoms. The SMILES string of the molecule is CC(C)c1cccnc1[C@@H]1CCC[C@H](c2nc3cccc(N4CCN(C)CC4)n3c2CO)N1C. The van der Waals surface area contributed by atoms with Gasteiger partial charge in [-0.25, -0.2) is 4.98 Å². The normalized spacial score (nSPS) is 22.7. The van der Waals surface area contributed by atoms with Crippen LogP contribution in [0.1, 0.15) is 73.8 Å². The van der Waals surface area contributed by atoms with Crippen molar-refractivity contribution in [3.63, 3.8) is 0 Å². The number of aromatic nitrogens is 3. The predicted octanol–water partition coefficient (Wildman–Crippen LogP) is 3.99. The highest BCUT2D eigenvalue weighted by molar-refractivity contribution is 5.55. The Morgan fingerprint density at radius 1 is 0.971 bits per heavy atom. The molecule has 0 radical (unpaired) electrons. The molecule has 3 aromatic heterocycles. The molecule has 5 rings (SSSR count). The maximum atomic E-state index is 10.6. The average Bonchev–Trinajstić information content (AvgIpc) is 3.23. The molecular weight excluding hydrogens is 424 g/mol. The van der Waals surface area contributed by atoms with E-state index in [-0.39, 0.29) is 18.7 Å². The Balaban J connectivity index is 1.53. The van der Waals surface area contributed by atoms with Gasteiger partial charge in [0.05, 0.1) is 35.8 Å². The van der Waals surface area contributed by atoms with Crippen LogP contribution >= 0.6 is 0 Å². The number of imidazole rings is 1. The summed E-state index contributed by atoms with van der Waals surface area (Å²) in [5.74, 6) is 1.57. The van der Waals surface area contributed by atoms with E-state index in [0.29, 0.717) is 5.92 Å². The second kappa shape index (κ2) is 9.64. The van der Waals surface area contributed by atoms with Gasteiger partial charge >= 0.3 is 0 Å². The largest absolute Gasteiger partial charge is 0.390 e. The van der Waals surface area contributed by atoms with E-state index in [0.717, 1.165) is 68.3 Å². The molecule has 7 nitrogen and oxygen atoms in total. The number of anilines is 1. The molecule has 0 unspecified atom stereocenters. The minimum Gasteiger partial charge on any atom is -0.390 e. The number of piperazine rings is 1. The van der Waals surface area contributed by atoms with Crippen molar-refractivity contribution < 1.29 is 5.11 Å². The first-order chi connectivity index (χ1) is 16.5. The van der Waals surface area contributed by atoms with E-state index >= 15 is 0 Å². The summed E-state index contributed by atoms with van der Waals surface area (Å²) in [5.41, 5.74) is 5.38. The fourth-order valence-electron chi connectivity index (χ4n) is 5.84. The monoisotopic (exact) mass is 462 g/mol. The van der Waals surface area contributed by atoms with Crippen LogP contribution in [0.3, 0.4) is 0 Å². The van der Waals surface area contributed by atoms with Crippen molar-refractivity contribution in [2.24, 2.45) is 0 Å². The second-order valence-corrected chi connectivity index (χ2v) is 10.2. The Kier molecular flexibility index (Phi) is 6.60. The summed E-state index contributed by atoms with van der Waals surface area (Å²) in [6.07, 6.45) is 5.18. The van der Waals surface area contributed by atoms with Gasteiger partial charge < -0.3 is 14.9 Å². The molecular formula is C27H38N6O. The molecule has 2 aliphatic rings. The molecule has 3 aromatic rings. The minimum absolute atomic E-state index is 0.0168. The van der Waals surface area contributed by atoms with Gasteiger partial charge in [0.25, 0.3) is 0 Å². The van der Waals surface area contributed by atoms with Crippen LogP contribution in [0.5, 0.6) is 0 Å². The Morgan fingerprint density at radius 3 is 2.41 bits per heavy atom. The zero-order valence-corrected chi connectivity index (χ0v) is 21.0. The number of fused-ring (bicyclic) bond motifs is 1. The third-order valence-corrected chi connectivity index (χ3v) is 7.79. The van der Waals surface area contributed by atoms with E-state index < -0.39 is 0 Å². The molecule has 2 fully saturated rings. The van der Waals surface area contributed by atoms with Crippen molar-refractivity contribution >= 4 is 11.5 Å². The van der Waals surface area contributed by atoms with Gasteiger partial charge in [0.2, 0.25) is 0 Å². The van der Waals surface area contributed by atoms with Gasteiger partial charge in [-0.2, -0.15) is 0 Å². The number of likely N-dealkylation sites (N-methyl/N-ethyl adjacent to an activating group) is 1. The van der Waals surface area contributed by atoms with Gasteiger partial charge in [-0.1, -0.05) is 26.0 Å². The number of aliphatic hydroxyl groups is 1. The van der Waals surface area contributed by atoms with Crippen molar-refractivity contribution in [3.8, 4) is 0 Å². The Hall–Kier alpha value is -2.48. The summed E-state index contributed by atoms with van der Waals surface area (Å²) in [5, 5.41) is 10.6. The molecule has 2 saturated heterocycles. The molecule has 0 saturated carbocycles. The Bertz CT molecular complexity index is 1130. The molecule has 2 aliphatic heterocycles. The van der Waals surface area contributed by atoms with E-state index in [2.05, 4.69) is 71.3 Å². The predicted molar refractivity (Wildman–Crippen MR) is 136 cm³/mol. The second-order valence-electron chi connectivity index (χ2n) is 10.2. The van der Waals surface area contributed by atoms with Gasteiger partial charge in [-0.05, 0) is 63.0 Å². The molecule has 0 aromatic carbocycles. The summed E-state index contributed by atoms with van der Waals surface area (Å²) >= 11 is 0. The highest BCUT2D eigenvalue weighted by atomic mass is 16.3. The minimum atomic E-state index is -0.0168. The number of piperidine rings is 1. The molecule has 0 aliphatic carbocycles. The van der Waals surface area contributed by atoms with Crippen molar-refractivity contribution in [3.05, 3.63) is 59.2 Å². The van der Waals surface area contributed by atoms with Crippen LogP contribution in [0.15, 0.2) is 36.5 Å². The number of pyridine rings is 2. The van der Waals surface area contributed by atoms with E-state index in [9.17, 15) is 5.11 Å². The zero-order chi connectivity index (χ0) is 23.8. The van der Waals surface area contributed by atoms with Crippen molar-refractivity contribution in [1.82, 2.24) is 24.2 Å². The summed E-state index contributed by atoms with van der Waals surface area (Å²) in [7, 11) is 4.38. The van der Waals surface area contributed by atoms with E-state index in [1.54, 1.807) is 0 Å². The van der Waals surface area contributed by atoms with Gasteiger partial charge in [0.15, 0.2) is 0 Å². The first-order valence-electron chi connectivity index (χ1n) is 12.7. The first-order valence-corrected chi connectivity index (χ1v) is 12.7. The molecule has 1 N–H and O–H groups in total. The molecule has 2 atom stereocenters. The Labute approximate surface area is 203 Å². The van der Waals surface area contributed by atoms with Crippen LogP contribution in [0.2, 0.25) is 0 Å². The first kappa shape index (κ1) is 23.3. The van der Waals surface area contributed by atoms with E-state index in [1.807, 2.05) is 12.3 Å². The van der Waals surface area contributed by atoms with Crippen molar-refractivity contribution in [1.29, 1.82) is 0 Å². The lowest BCUT2D eigenvalue weighted by Gasteiger charge is -2.40. The lowest BCUT2D eigenvalue weighted by molar-refractivity contribution is 0.107. The number of hydrogen-bond acceptors (Lipinski definition) is 6. The maximum absolute atomic E-state index is 10.6. The molecule has 0 bridgehead atoms. The lowest BCUT2D eigenvalue weighted by atomic mass is 9.88. The van der Waals surface area contributed by atoms with Crippen LogP contribution in [0, 0.1) is 0 Å². The summed E-state index contributed by atoms with van der Waals surface area (Å²) in [6, 6.07) is 11.0. The number of aliphatic hydroxyl groups excluding tert-OH is 1. The van der Waals surface area contributed by atoms with Gasteiger partial charge in [0.1, 0.15) is 11.5 Å². The van der Waals surface area contributed by atoms with Gasteiger partial charge in [-0.3, -0.25) is 14.3 Å². The smallest absolute Gasteiger partial charge is 0.138 e. The highest BCUT2D eigenvalue weighted by Crippen LogP contribution is 2.42. The highest BCUT2D eigenvalue weighted by Gasteiger charge is 2.35. The van der Waals surface area contributed by atoms with E-state index in [1.165, 1.54) is 11.3 Å². The van der Waals surface area contributed by atoms with Crippen LogP contribution in [0.25, 0.3) is 5.65 Å². The summed E-state index contributed by atoms with van der Waals surface area (Å²) in [6.45, 7) is 8.52. The molecule has 5 heterocycles. The fourth-order valence-corrected chi connectivity index (χ4v) is 5.84. The molecule has 7 heteroatoms. The zero-order valence-electron chi connectivity index (χ0n) is 21.0. The number of likely N-dealkylation sites (tertiary alicyclic amines) is 1. The Morgan fingerprint density at radius 2 is 1.71 bits per heavy atom. The standard InChI is InChI=1S/C27H38N6O/c1-19(2)20-8-7-13-28-26(20)21-9-5-10-22(31(21)4)27-23(18-34)33-24(29-27)11-6-12-25(33)32-16-14-30(3)15-17-32/h6-8,11-13,19,21-22,34H,5,9-10,14-18H2,1-4H3/t21-,22+/m0/s1. The number of nitrogens with zero attached hydrogens (tertiary/aromatic N) is 6. The van der Waals surface area contributed by atoms with E-state index in [4.69, 9.17) is 9.97 Å². The quantitative estimate of drug-likeness (QED) is 0.619. The topological polar surface area (TPSA) is 60.1 Å². The third-order valence-electron chi connectivity index (χ3n) is 7.79. The summed E-state index contributed by atoms with van der Waals surface area (Å²) < 4.78 is 2.19. The maximum Gasteiger partial charge on any atom is 0.138 e. The average molecular weight is 463 g/mol. The van der Waals surface area contributed by atoms with Crippen LogP contribution < -0.4 is 4.90 Å². The van der Waals surface area contributed by atoms with Gasteiger partial charge in [0, 0.05) is 32.4 Å². The van der Waals surface area contributed by atoms with Crippen LogP contribution in [-0.4, -0.2) is 69.5 Å². The van der Waals surface area contributed by atoms with Crippen molar-refractivity contribution in [2.75, 3.05) is 45.2 Å². The fraction of sp³-hybridized carbons (Fsp3) is 0.556. The van der Waals surface area contributed by atoms with Crippen molar-refractivity contribution in [2.45, 2.75) is 57.7 Å². The molecule has 0 amide bonds.